The van der Waals surface area contributed by atoms with Crippen LogP contribution in [-0.4, -0.2) is 31.1 Å². The van der Waals surface area contributed by atoms with E-state index < -0.39 is 0 Å². The van der Waals surface area contributed by atoms with E-state index in [9.17, 15) is 0 Å². The Morgan fingerprint density at radius 3 is 3.13 bits per heavy atom. The van der Waals surface area contributed by atoms with Gasteiger partial charge in [-0.05, 0) is 42.9 Å². The van der Waals surface area contributed by atoms with Gasteiger partial charge in [-0.15, -0.1) is 11.3 Å². The van der Waals surface area contributed by atoms with E-state index in [1.165, 1.54) is 31.5 Å². The Morgan fingerprint density at radius 1 is 1.40 bits per heavy atom. The smallest absolute Gasteiger partial charge is 0.0962 e. The number of rotatable bonds is 2. The first-order valence-electron chi connectivity index (χ1n) is 5.84. The van der Waals surface area contributed by atoms with Crippen molar-refractivity contribution in [2.75, 3.05) is 26.2 Å². The lowest BCUT2D eigenvalue weighted by molar-refractivity contribution is 0.0217. The van der Waals surface area contributed by atoms with E-state index in [1.807, 2.05) is 11.3 Å². The van der Waals surface area contributed by atoms with E-state index >= 15 is 0 Å². The van der Waals surface area contributed by atoms with Crippen LogP contribution in [0.3, 0.4) is 0 Å². The Morgan fingerprint density at radius 2 is 2.27 bits per heavy atom. The minimum absolute atomic E-state index is 0.345. The van der Waals surface area contributed by atoms with E-state index in [0.717, 1.165) is 19.6 Å². The van der Waals surface area contributed by atoms with Crippen molar-refractivity contribution in [3.05, 3.63) is 21.9 Å². The number of nitrogens with zero attached hydrogens (tertiary/aromatic N) is 1. The standard InChI is InChI=1S/C12H17NOS/c1-2-6-13(5-1)9-11-10-4-8-15-12(10)3-7-14-11/h4,8,11H,1-3,5-7,9H2/t11-/m1/s1. The van der Waals surface area contributed by atoms with Crippen LogP contribution in [0, 0.1) is 0 Å². The third-order valence-corrected chi connectivity index (χ3v) is 4.39. The molecule has 2 aliphatic rings. The van der Waals surface area contributed by atoms with Crippen LogP contribution in [0.2, 0.25) is 0 Å². The van der Waals surface area contributed by atoms with Gasteiger partial charge in [-0.1, -0.05) is 0 Å². The van der Waals surface area contributed by atoms with Gasteiger partial charge >= 0.3 is 0 Å². The van der Waals surface area contributed by atoms with E-state index in [0.29, 0.717) is 6.10 Å². The van der Waals surface area contributed by atoms with Crippen LogP contribution in [-0.2, 0) is 11.2 Å². The molecule has 1 atom stereocenters. The summed E-state index contributed by atoms with van der Waals surface area (Å²) in [4.78, 5) is 4.09. The summed E-state index contributed by atoms with van der Waals surface area (Å²) in [7, 11) is 0. The van der Waals surface area contributed by atoms with Crippen molar-refractivity contribution in [3.63, 3.8) is 0 Å². The summed E-state index contributed by atoms with van der Waals surface area (Å²) in [5.41, 5.74) is 1.46. The number of ether oxygens (including phenoxy) is 1. The predicted octanol–water partition coefficient (Wildman–Crippen LogP) is 2.46. The Hall–Kier alpha value is -0.380. The maximum absolute atomic E-state index is 5.89. The molecule has 2 nitrogen and oxygen atoms in total. The van der Waals surface area contributed by atoms with Crippen LogP contribution >= 0.6 is 11.3 Å². The number of thiophene rings is 1. The fourth-order valence-corrected chi connectivity index (χ4v) is 3.49. The summed E-state index contributed by atoms with van der Waals surface area (Å²) >= 11 is 1.89. The largest absolute Gasteiger partial charge is 0.372 e. The third kappa shape index (κ3) is 1.96. The molecule has 15 heavy (non-hydrogen) atoms. The first-order chi connectivity index (χ1) is 7.43. The Labute approximate surface area is 94.9 Å². The van der Waals surface area contributed by atoms with Crippen molar-refractivity contribution < 1.29 is 4.74 Å². The molecule has 0 spiro atoms. The second-order valence-electron chi connectivity index (χ2n) is 4.42. The average Bonchev–Trinajstić information content (AvgIpc) is 2.87. The second-order valence-corrected chi connectivity index (χ2v) is 5.42. The molecule has 1 aromatic rings. The highest BCUT2D eigenvalue weighted by Crippen LogP contribution is 2.32. The zero-order valence-corrected chi connectivity index (χ0v) is 9.76. The van der Waals surface area contributed by atoms with Crippen LogP contribution in [0.5, 0.6) is 0 Å². The van der Waals surface area contributed by atoms with Gasteiger partial charge in [0, 0.05) is 17.8 Å². The van der Waals surface area contributed by atoms with Gasteiger partial charge in [0.1, 0.15) is 0 Å². The number of fused-ring (bicyclic) bond motifs is 1. The molecule has 0 aromatic carbocycles. The quantitative estimate of drug-likeness (QED) is 0.763. The van der Waals surface area contributed by atoms with E-state index in [4.69, 9.17) is 4.74 Å². The van der Waals surface area contributed by atoms with Crippen molar-refractivity contribution in [1.82, 2.24) is 4.90 Å². The monoisotopic (exact) mass is 223 g/mol. The molecule has 2 aliphatic heterocycles. The van der Waals surface area contributed by atoms with Crippen molar-refractivity contribution in [2.45, 2.75) is 25.4 Å². The lowest BCUT2D eigenvalue weighted by Gasteiger charge is -2.27. The number of hydrogen-bond donors (Lipinski definition) is 0. The van der Waals surface area contributed by atoms with Gasteiger partial charge in [-0.3, -0.25) is 0 Å². The van der Waals surface area contributed by atoms with Gasteiger partial charge in [-0.25, -0.2) is 0 Å². The molecule has 82 valence electrons. The van der Waals surface area contributed by atoms with Gasteiger partial charge in [0.25, 0.3) is 0 Å². The molecule has 3 rings (SSSR count). The van der Waals surface area contributed by atoms with E-state index in [1.54, 1.807) is 4.88 Å². The van der Waals surface area contributed by atoms with Gasteiger partial charge in [0.2, 0.25) is 0 Å². The van der Waals surface area contributed by atoms with Crippen LogP contribution in [0.1, 0.15) is 29.4 Å². The fourth-order valence-electron chi connectivity index (χ4n) is 2.58. The topological polar surface area (TPSA) is 12.5 Å². The Balaban J connectivity index is 1.72. The maximum atomic E-state index is 5.89. The zero-order valence-electron chi connectivity index (χ0n) is 8.95. The second kappa shape index (κ2) is 4.24. The van der Waals surface area contributed by atoms with Crippen LogP contribution in [0.4, 0.5) is 0 Å². The molecule has 0 saturated carbocycles. The highest BCUT2D eigenvalue weighted by molar-refractivity contribution is 7.10. The lowest BCUT2D eigenvalue weighted by atomic mass is 10.1. The van der Waals surface area contributed by atoms with Crippen LogP contribution in [0.25, 0.3) is 0 Å². The highest BCUT2D eigenvalue weighted by Gasteiger charge is 2.25. The van der Waals surface area contributed by atoms with Gasteiger partial charge in [-0.2, -0.15) is 0 Å². The minimum atomic E-state index is 0.345. The maximum Gasteiger partial charge on any atom is 0.0962 e. The molecular formula is C12H17NOS. The summed E-state index contributed by atoms with van der Waals surface area (Å²) in [6.07, 6.45) is 4.19. The number of likely N-dealkylation sites (tertiary alicyclic amines) is 1. The van der Waals surface area contributed by atoms with E-state index in [2.05, 4.69) is 16.3 Å². The average molecular weight is 223 g/mol. The molecule has 1 fully saturated rings. The summed E-state index contributed by atoms with van der Waals surface area (Å²) in [5, 5.41) is 2.20. The van der Waals surface area contributed by atoms with E-state index in [-0.39, 0.29) is 0 Å². The molecule has 1 aromatic heterocycles. The summed E-state index contributed by atoms with van der Waals surface area (Å²) in [5.74, 6) is 0. The highest BCUT2D eigenvalue weighted by atomic mass is 32.1. The lowest BCUT2D eigenvalue weighted by Crippen LogP contribution is -2.29. The predicted molar refractivity (Wildman–Crippen MR) is 62.4 cm³/mol. The molecule has 0 aliphatic carbocycles. The Bertz CT molecular complexity index is 330. The van der Waals surface area contributed by atoms with Crippen molar-refractivity contribution in [2.24, 2.45) is 0 Å². The first kappa shape index (κ1) is 9.82. The molecule has 0 amide bonds. The minimum Gasteiger partial charge on any atom is -0.372 e. The molecule has 3 heteroatoms. The van der Waals surface area contributed by atoms with Crippen molar-refractivity contribution >= 4 is 11.3 Å². The third-order valence-electron chi connectivity index (χ3n) is 3.40. The zero-order chi connectivity index (χ0) is 10.1. The van der Waals surface area contributed by atoms with Gasteiger partial charge < -0.3 is 9.64 Å². The molecular weight excluding hydrogens is 206 g/mol. The summed E-state index contributed by atoms with van der Waals surface area (Å²) in [6.45, 7) is 4.54. The molecule has 0 unspecified atom stereocenters. The fraction of sp³-hybridized carbons (Fsp3) is 0.667. The van der Waals surface area contributed by atoms with Gasteiger partial charge in [0.15, 0.2) is 0 Å². The van der Waals surface area contributed by atoms with Gasteiger partial charge in [0.05, 0.1) is 12.7 Å². The molecule has 0 radical (unpaired) electrons. The Kier molecular flexibility index (Phi) is 2.77. The molecule has 0 bridgehead atoms. The van der Waals surface area contributed by atoms with Crippen LogP contribution in [0.15, 0.2) is 11.4 Å². The molecule has 3 heterocycles. The summed E-state index contributed by atoms with van der Waals surface area (Å²) in [6, 6.07) is 2.25. The van der Waals surface area contributed by atoms with Crippen molar-refractivity contribution in [1.29, 1.82) is 0 Å². The first-order valence-corrected chi connectivity index (χ1v) is 6.72. The number of hydrogen-bond acceptors (Lipinski definition) is 3. The van der Waals surface area contributed by atoms with Crippen molar-refractivity contribution in [3.8, 4) is 0 Å². The normalized spacial score (nSPS) is 26.8. The molecule has 0 N–H and O–H groups in total. The molecule has 1 saturated heterocycles. The SMILES string of the molecule is c1cc2c(s1)CCO[C@@H]2CN1CCCC1. The van der Waals surface area contributed by atoms with Crippen LogP contribution < -0.4 is 0 Å². The summed E-state index contributed by atoms with van der Waals surface area (Å²) < 4.78 is 5.89.